The highest BCUT2D eigenvalue weighted by atomic mass is 32.1. The molecule has 0 radical (unpaired) electrons. The van der Waals surface area contributed by atoms with Gasteiger partial charge in [-0.2, -0.15) is 0 Å². The van der Waals surface area contributed by atoms with Gasteiger partial charge in [0.25, 0.3) is 0 Å². The number of hydrogen-bond acceptors (Lipinski definition) is 5. The monoisotopic (exact) mass is 432 g/mol. The molecule has 1 fully saturated rings. The van der Waals surface area contributed by atoms with Crippen molar-refractivity contribution in [3.8, 4) is 11.3 Å². The Morgan fingerprint density at radius 3 is 2.48 bits per heavy atom. The SMILES string of the molecule is O=C(CN1CCN(Cc2nc(-c3ccccc3)cs2)CC1)N1CCCc2ccccc21. The van der Waals surface area contributed by atoms with Crippen molar-refractivity contribution in [3.05, 3.63) is 70.5 Å². The van der Waals surface area contributed by atoms with E-state index >= 15 is 0 Å². The largest absolute Gasteiger partial charge is 0.311 e. The van der Waals surface area contributed by atoms with Crippen molar-refractivity contribution in [1.29, 1.82) is 0 Å². The van der Waals surface area contributed by atoms with Crippen LogP contribution in [0.15, 0.2) is 60.0 Å². The molecular formula is C25H28N4OS. The van der Waals surface area contributed by atoms with Crippen molar-refractivity contribution in [1.82, 2.24) is 14.8 Å². The number of rotatable bonds is 5. The van der Waals surface area contributed by atoms with E-state index < -0.39 is 0 Å². The average molecular weight is 433 g/mol. The smallest absolute Gasteiger partial charge is 0.241 e. The third-order valence-corrected chi connectivity index (χ3v) is 7.05. The maximum atomic E-state index is 13.0. The van der Waals surface area contributed by atoms with Gasteiger partial charge in [0.05, 0.1) is 18.8 Å². The topological polar surface area (TPSA) is 39.7 Å². The van der Waals surface area contributed by atoms with Crippen LogP contribution in [0, 0.1) is 0 Å². The van der Waals surface area contributed by atoms with Crippen LogP contribution in [-0.2, 0) is 17.8 Å². The van der Waals surface area contributed by atoms with Gasteiger partial charge in [0, 0.05) is 49.4 Å². The minimum Gasteiger partial charge on any atom is -0.311 e. The molecule has 0 bridgehead atoms. The van der Waals surface area contributed by atoms with E-state index in [-0.39, 0.29) is 5.91 Å². The predicted octanol–water partition coefficient (Wildman–Crippen LogP) is 3.91. The molecule has 6 heteroatoms. The molecule has 2 aliphatic heterocycles. The van der Waals surface area contributed by atoms with Gasteiger partial charge in [0.1, 0.15) is 5.01 Å². The number of anilines is 1. The van der Waals surface area contributed by atoms with Crippen molar-refractivity contribution in [3.63, 3.8) is 0 Å². The van der Waals surface area contributed by atoms with Crippen LogP contribution in [0.1, 0.15) is 17.0 Å². The second kappa shape index (κ2) is 9.30. The predicted molar refractivity (Wildman–Crippen MR) is 126 cm³/mol. The molecule has 3 heterocycles. The molecule has 0 atom stereocenters. The lowest BCUT2D eigenvalue weighted by Crippen LogP contribution is -2.50. The van der Waals surface area contributed by atoms with Gasteiger partial charge < -0.3 is 4.90 Å². The van der Waals surface area contributed by atoms with Gasteiger partial charge in [0.2, 0.25) is 5.91 Å². The maximum absolute atomic E-state index is 13.0. The number of hydrogen-bond donors (Lipinski definition) is 0. The fraction of sp³-hybridized carbons (Fsp3) is 0.360. The molecule has 1 aromatic heterocycles. The summed E-state index contributed by atoms with van der Waals surface area (Å²) in [5.74, 6) is 0.230. The highest BCUT2D eigenvalue weighted by Gasteiger charge is 2.25. The van der Waals surface area contributed by atoms with Crippen molar-refractivity contribution < 1.29 is 4.79 Å². The van der Waals surface area contributed by atoms with E-state index in [1.54, 1.807) is 11.3 Å². The number of aryl methyl sites for hydroxylation is 1. The number of benzene rings is 2. The lowest BCUT2D eigenvalue weighted by Gasteiger charge is -2.36. The Hall–Kier alpha value is -2.54. The zero-order chi connectivity index (χ0) is 21.0. The summed E-state index contributed by atoms with van der Waals surface area (Å²) in [6.07, 6.45) is 2.12. The van der Waals surface area contributed by atoms with E-state index in [9.17, 15) is 4.79 Å². The van der Waals surface area contributed by atoms with Crippen LogP contribution in [-0.4, -0.2) is 60.0 Å². The summed E-state index contributed by atoms with van der Waals surface area (Å²) in [5, 5.41) is 3.31. The zero-order valence-electron chi connectivity index (χ0n) is 17.7. The van der Waals surface area contributed by atoms with Gasteiger partial charge in [0.15, 0.2) is 0 Å². The van der Waals surface area contributed by atoms with Gasteiger partial charge in [-0.3, -0.25) is 14.6 Å². The number of amides is 1. The summed E-state index contributed by atoms with van der Waals surface area (Å²) in [4.78, 5) is 24.6. The minimum absolute atomic E-state index is 0.230. The van der Waals surface area contributed by atoms with Crippen molar-refractivity contribution in [2.45, 2.75) is 19.4 Å². The third-order valence-electron chi connectivity index (χ3n) is 6.22. The summed E-state index contributed by atoms with van der Waals surface area (Å²) in [7, 11) is 0. The quantitative estimate of drug-likeness (QED) is 0.613. The Morgan fingerprint density at radius 2 is 1.65 bits per heavy atom. The molecule has 1 saturated heterocycles. The van der Waals surface area contributed by atoms with E-state index in [1.807, 2.05) is 17.0 Å². The van der Waals surface area contributed by atoms with Crippen LogP contribution >= 0.6 is 11.3 Å². The molecule has 2 aliphatic rings. The lowest BCUT2D eigenvalue weighted by molar-refractivity contribution is -0.120. The summed E-state index contributed by atoms with van der Waals surface area (Å²) < 4.78 is 0. The fourth-order valence-corrected chi connectivity index (χ4v) is 5.34. The minimum atomic E-state index is 0.230. The molecular weight excluding hydrogens is 404 g/mol. The molecule has 31 heavy (non-hydrogen) atoms. The zero-order valence-corrected chi connectivity index (χ0v) is 18.6. The molecule has 2 aromatic carbocycles. The van der Waals surface area contributed by atoms with Crippen LogP contribution in [0.4, 0.5) is 5.69 Å². The summed E-state index contributed by atoms with van der Waals surface area (Å²) >= 11 is 1.73. The van der Waals surface area contributed by atoms with E-state index in [2.05, 4.69) is 57.6 Å². The molecule has 1 amide bonds. The Kier molecular flexibility index (Phi) is 6.11. The summed E-state index contributed by atoms with van der Waals surface area (Å²) in [6, 6.07) is 18.7. The van der Waals surface area contributed by atoms with Crippen molar-refractivity contribution in [2.24, 2.45) is 0 Å². The molecule has 0 unspecified atom stereocenters. The Bertz CT molecular complexity index is 1030. The molecule has 160 valence electrons. The number of thiazole rings is 1. The number of carbonyl (C=O) groups is 1. The van der Waals surface area contributed by atoms with E-state index in [0.29, 0.717) is 6.54 Å². The van der Waals surface area contributed by atoms with E-state index in [0.717, 1.165) is 68.5 Å². The number of fused-ring (bicyclic) bond motifs is 1. The molecule has 0 aliphatic carbocycles. The van der Waals surface area contributed by atoms with Gasteiger partial charge >= 0.3 is 0 Å². The van der Waals surface area contributed by atoms with Crippen molar-refractivity contribution >= 4 is 22.9 Å². The number of piperazine rings is 1. The molecule has 0 N–H and O–H groups in total. The standard InChI is InChI=1S/C25H28N4OS/c30-25(29-12-6-10-21-9-4-5-11-23(21)29)18-28-15-13-27(14-16-28)17-24-26-22(19-31-24)20-7-2-1-3-8-20/h1-5,7-9,11,19H,6,10,12-18H2. The van der Waals surface area contributed by atoms with Gasteiger partial charge in [-0.05, 0) is 24.5 Å². The Morgan fingerprint density at radius 1 is 0.903 bits per heavy atom. The van der Waals surface area contributed by atoms with Gasteiger partial charge in [-0.1, -0.05) is 48.5 Å². The van der Waals surface area contributed by atoms with Crippen LogP contribution < -0.4 is 4.90 Å². The highest BCUT2D eigenvalue weighted by Crippen LogP contribution is 2.27. The number of aromatic nitrogens is 1. The third kappa shape index (κ3) is 4.71. The molecule has 3 aromatic rings. The van der Waals surface area contributed by atoms with E-state index in [1.165, 1.54) is 11.1 Å². The van der Waals surface area contributed by atoms with Gasteiger partial charge in [-0.15, -0.1) is 11.3 Å². The summed E-state index contributed by atoms with van der Waals surface area (Å²) in [6.45, 7) is 6.05. The van der Waals surface area contributed by atoms with Crippen molar-refractivity contribution in [2.75, 3.05) is 44.2 Å². The highest BCUT2D eigenvalue weighted by molar-refractivity contribution is 7.09. The first-order valence-electron chi connectivity index (χ1n) is 11.1. The Labute approximate surface area is 187 Å². The van der Waals surface area contributed by atoms with Crippen LogP contribution in [0.2, 0.25) is 0 Å². The molecule has 0 saturated carbocycles. The fourth-order valence-electron chi connectivity index (χ4n) is 4.49. The number of carbonyl (C=O) groups excluding carboxylic acids is 1. The molecule has 0 spiro atoms. The first-order valence-corrected chi connectivity index (χ1v) is 12.0. The first-order chi connectivity index (χ1) is 15.3. The van der Waals surface area contributed by atoms with Crippen LogP contribution in [0.25, 0.3) is 11.3 Å². The normalized spacial score (nSPS) is 17.5. The number of nitrogens with zero attached hydrogens (tertiary/aromatic N) is 4. The van der Waals surface area contributed by atoms with Gasteiger partial charge in [-0.25, -0.2) is 4.98 Å². The molecule has 5 nitrogen and oxygen atoms in total. The molecule has 5 rings (SSSR count). The van der Waals surface area contributed by atoms with E-state index in [4.69, 9.17) is 4.98 Å². The second-order valence-corrected chi connectivity index (χ2v) is 9.27. The maximum Gasteiger partial charge on any atom is 0.241 e. The van der Waals surface area contributed by atoms with Crippen LogP contribution in [0.5, 0.6) is 0 Å². The Balaban J connectivity index is 1.13. The lowest BCUT2D eigenvalue weighted by atomic mass is 10.0. The first kappa shape index (κ1) is 20.4. The summed E-state index contributed by atoms with van der Waals surface area (Å²) in [5.41, 5.74) is 4.64. The number of para-hydroxylation sites is 1. The average Bonchev–Trinajstić information content (AvgIpc) is 3.29. The van der Waals surface area contributed by atoms with Crippen LogP contribution in [0.3, 0.4) is 0 Å². The second-order valence-electron chi connectivity index (χ2n) is 8.32.